The van der Waals surface area contributed by atoms with Gasteiger partial charge in [0.2, 0.25) is 0 Å². The number of amides is 1. The first-order valence-electron chi connectivity index (χ1n) is 6.77. The first-order valence-corrected chi connectivity index (χ1v) is 6.77. The Morgan fingerprint density at radius 2 is 2.10 bits per heavy atom. The molecule has 1 atom stereocenters. The van der Waals surface area contributed by atoms with Crippen molar-refractivity contribution in [2.45, 2.75) is 18.9 Å². The number of hydrogen-bond donors (Lipinski definition) is 1. The molecular formula is C16H18N2O3. The molecule has 1 amide bonds. The summed E-state index contributed by atoms with van der Waals surface area (Å²) in [4.78, 5) is 23.6. The topological polar surface area (TPSA) is 58.6 Å². The summed E-state index contributed by atoms with van der Waals surface area (Å²) < 4.78 is 4.75. The van der Waals surface area contributed by atoms with Gasteiger partial charge in [-0.2, -0.15) is 0 Å². The van der Waals surface area contributed by atoms with Gasteiger partial charge in [-0.3, -0.25) is 15.2 Å². The molecule has 0 aliphatic carbocycles. The van der Waals surface area contributed by atoms with Crippen LogP contribution in [0.25, 0.3) is 6.08 Å². The molecule has 2 rings (SSSR count). The molecule has 1 aliphatic rings. The van der Waals surface area contributed by atoms with Gasteiger partial charge >= 0.3 is 5.97 Å². The van der Waals surface area contributed by atoms with Crippen LogP contribution in [-0.2, 0) is 14.3 Å². The first-order chi connectivity index (χ1) is 10.2. The molecule has 1 aliphatic heterocycles. The molecule has 5 heteroatoms. The molecule has 1 aromatic carbocycles. The van der Waals surface area contributed by atoms with Crippen molar-refractivity contribution in [1.82, 2.24) is 10.4 Å². The summed E-state index contributed by atoms with van der Waals surface area (Å²) in [5.41, 5.74) is 3.61. The van der Waals surface area contributed by atoms with Crippen molar-refractivity contribution in [3.05, 3.63) is 54.2 Å². The van der Waals surface area contributed by atoms with E-state index in [4.69, 9.17) is 4.74 Å². The third-order valence-electron chi connectivity index (χ3n) is 3.15. The zero-order valence-electron chi connectivity index (χ0n) is 11.9. The lowest BCUT2D eigenvalue weighted by atomic mass is 10.1. The quantitative estimate of drug-likeness (QED) is 0.678. The van der Waals surface area contributed by atoms with E-state index in [1.165, 1.54) is 18.2 Å². The number of methoxy groups -OCH3 is 1. The Hall–Kier alpha value is -2.56. The van der Waals surface area contributed by atoms with Gasteiger partial charge in [0.15, 0.2) is 0 Å². The summed E-state index contributed by atoms with van der Waals surface area (Å²) in [5, 5.41) is 1.49. The van der Waals surface area contributed by atoms with E-state index in [0.717, 1.165) is 12.0 Å². The van der Waals surface area contributed by atoms with Crippen LogP contribution in [0.2, 0.25) is 0 Å². The minimum atomic E-state index is -0.478. The molecule has 0 radical (unpaired) electrons. The Morgan fingerprint density at radius 1 is 1.33 bits per heavy atom. The van der Waals surface area contributed by atoms with Crippen LogP contribution in [0.5, 0.6) is 0 Å². The van der Waals surface area contributed by atoms with Gasteiger partial charge in [0.25, 0.3) is 5.91 Å². The van der Waals surface area contributed by atoms with Crippen LogP contribution in [0.1, 0.15) is 18.4 Å². The predicted octanol–water partition coefficient (Wildman–Crippen LogP) is 1.88. The van der Waals surface area contributed by atoms with E-state index < -0.39 is 6.04 Å². The van der Waals surface area contributed by atoms with E-state index >= 15 is 0 Å². The normalized spacial score (nSPS) is 17.8. The number of nitrogens with zero attached hydrogens (tertiary/aromatic N) is 1. The second kappa shape index (κ2) is 7.28. The molecule has 0 unspecified atom stereocenters. The molecule has 110 valence electrons. The summed E-state index contributed by atoms with van der Waals surface area (Å²) >= 11 is 0. The molecular weight excluding hydrogens is 268 g/mol. The Bertz CT molecular complexity index is 552. The predicted molar refractivity (Wildman–Crippen MR) is 79.6 cm³/mol. The van der Waals surface area contributed by atoms with Gasteiger partial charge in [-0.05, 0) is 24.5 Å². The van der Waals surface area contributed by atoms with Crippen LogP contribution in [0.4, 0.5) is 0 Å². The van der Waals surface area contributed by atoms with Crippen LogP contribution in [-0.4, -0.2) is 30.0 Å². The van der Waals surface area contributed by atoms with E-state index in [9.17, 15) is 9.59 Å². The van der Waals surface area contributed by atoms with Crippen LogP contribution >= 0.6 is 0 Å². The number of carbonyl (C=O) groups excluding carboxylic acids is 2. The van der Waals surface area contributed by atoms with Crippen molar-refractivity contribution < 1.29 is 14.3 Å². The van der Waals surface area contributed by atoms with E-state index in [1.807, 2.05) is 36.4 Å². The maximum Gasteiger partial charge on any atom is 0.330 e. The zero-order valence-corrected chi connectivity index (χ0v) is 11.9. The van der Waals surface area contributed by atoms with Crippen molar-refractivity contribution in [1.29, 1.82) is 0 Å². The molecule has 1 aromatic rings. The number of allylic oxidation sites excluding steroid dienone is 1. The standard InChI is InChI=1S/C16H18N2O3/c1-21-16(20)14-9-5-6-12-18(14)17-15(19)11-10-13-7-3-2-4-8-13/h2-4,6-8,10-12,14H,5,9H2,1H3,(H,17,19)/b11-10+/t14-/m0/s1. The van der Waals surface area contributed by atoms with Crippen molar-refractivity contribution in [3.8, 4) is 0 Å². The molecule has 1 heterocycles. The van der Waals surface area contributed by atoms with Gasteiger partial charge < -0.3 is 4.74 Å². The minimum absolute atomic E-state index is 0.292. The first kappa shape index (κ1) is 14.8. The van der Waals surface area contributed by atoms with Gasteiger partial charge in [-0.1, -0.05) is 36.4 Å². The van der Waals surface area contributed by atoms with Gasteiger partial charge in [0.05, 0.1) is 7.11 Å². The largest absolute Gasteiger partial charge is 0.467 e. The van der Waals surface area contributed by atoms with Crippen LogP contribution in [0.3, 0.4) is 0 Å². The van der Waals surface area contributed by atoms with Gasteiger partial charge in [-0.25, -0.2) is 4.79 Å². The van der Waals surface area contributed by atoms with Gasteiger partial charge in [0.1, 0.15) is 6.04 Å². The lowest BCUT2D eigenvalue weighted by Crippen LogP contribution is -2.49. The number of nitrogens with one attached hydrogen (secondary N) is 1. The van der Waals surface area contributed by atoms with Crippen LogP contribution < -0.4 is 5.43 Å². The van der Waals surface area contributed by atoms with Crippen molar-refractivity contribution in [2.24, 2.45) is 0 Å². The highest BCUT2D eigenvalue weighted by Gasteiger charge is 2.27. The second-order valence-electron chi connectivity index (χ2n) is 4.63. The fraction of sp³-hybridized carbons (Fsp3) is 0.250. The molecule has 1 N–H and O–H groups in total. The van der Waals surface area contributed by atoms with Crippen molar-refractivity contribution in [3.63, 3.8) is 0 Å². The fourth-order valence-corrected chi connectivity index (χ4v) is 2.07. The van der Waals surface area contributed by atoms with Crippen molar-refractivity contribution in [2.75, 3.05) is 7.11 Å². The summed E-state index contributed by atoms with van der Waals surface area (Å²) in [5.74, 6) is -0.647. The third kappa shape index (κ3) is 4.21. The van der Waals surface area contributed by atoms with E-state index in [0.29, 0.717) is 6.42 Å². The molecule has 5 nitrogen and oxygen atoms in total. The maximum absolute atomic E-state index is 11.9. The lowest BCUT2D eigenvalue weighted by molar-refractivity contribution is -0.148. The lowest BCUT2D eigenvalue weighted by Gasteiger charge is -2.30. The molecule has 0 spiro atoms. The highest BCUT2D eigenvalue weighted by Crippen LogP contribution is 2.14. The molecule has 0 saturated heterocycles. The molecule has 0 aromatic heterocycles. The Balaban J connectivity index is 1.97. The summed E-state index contributed by atoms with van der Waals surface area (Å²) in [6, 6.07) is 9.05. The highest BCUT2D eigenvalue weighted by molar-refractivity contribution is 5.91. The Labute approximate surface area is 123 Å². The van der Waals surface area contributed by atoms with Gasteiger partial charge in [-0.15, -0.1) is 0 Å². The average molecular weight is 286 g/mol. The van der Waals surface area contributed by atoms with Gasteiger partial charge in [0, 0.05) is 12.3 Å². The average Bonchev–Trinajstić information content (AvgIpc) is 2.54. The van der Waals surface area contributed by atoms with Crippen LogP contribution in [0, 0.1) is 0 Å². The minimum Gasteiger partial charge on any atom is -0.467 e. The molecule has 0 fully saturated rings. The highest BCUT2D eigenvalue weighted by atomic mass is 16.5. The van der Waals surface area contributed by atoms with E-state index in [1.54, 1.807) is 12.3 Å². The summed E-state index contributed by atoms with van der Waals surface area (Å²) in [6.07, 6.45) is 8.15. The fourth-order valence-electron chi connectivity index (χ4n) is 2.07. The van der Waals surface area contributed by atoms with E-state index in [2.05, 4.69) is 5.43 Å². The summed E-state index contributed by atoms with van der Waals surface area (Å²) in [6.45, 7) is 0. The molecule has 0 saturated carbocycles. The summed E-state index contributed by atoms with van der Waals surface area (Å²) in [7, 11) is 1.34. The Morgan fingerprint density at radius 3 is 2.81 bits per heavy atom. The van der Waals surface area contributed by atoms with E-state index in [-0.39, 0.29) is 11.9 Å². The number of ether oxygens (including phenoxy) is 1. The Kier molecular flexibility index (Phi) is 5.15. The molecule has 21 heavy (non-hydrogen) atoms. The van der Waals surface area contributed by atoms with Crippen molar-refractivity contribution >= 4 is 18.0 Å². The smallest absolute Gasteiger partial charge is 0.330 e. The maximum atomic E-state index is 11.9. The second-order valence-corrected chi connectivity index (χ2v) is 4.63. The zero-order chi connectivity index (χ0) is 15.1. The van der Waals surface area contributed by atoms with Crippen LogP contribution in [0.15, 0.2) is 48.7 Å². The number of carbonyl (C=O) groups is 2. The number of esters is 1. The number of hydrogen-bond acceptors (Lipinski definition) is 4. The third-order valence-corrected chi connectivity index (χ3v) is 3.15. The SMILES string of the molecule is COC(=O)[C@@H]1CCC=CN1NC(=O)/C=C/c1ccccc1. The monoisotopic (exact) mass is 286 g/mol. The number of rotatable bonds is 4. The molecule has 0 bridgehead atoms. The number of benzene rings is 1. The number of hydrazine groups is 1.